The summed E-state index contributed by atoms with van der Waals surface area (Å²) in [6.07, 6.45) is 2.41. The molecule has 29 heavy (non-hydrogen) atoms. The molecule has 0 radical (unpaired) electrons. The van der Waals surface area contributed by atoms with Crippen molar-refractivity contribution in [3.05, 3.63) is 28.8 Å². The van der Waals surface area contributed by atoms with E-state index < -0.39 is 5.60 Å². The van der Waals surface area contributed by atoms with Crippen molar-refractivity contribution in [2.75, 3.05) is 47.9 Å². The van der Waals surface area contributed by atoms with Crippen molar-refractivity contribution in [1.29, 1.82) is 0 Å². The molecule has 158 valence electrons. The fraction of sp³-hybridized carbons (Fsp3) is 0.550. The van der Waals surface area contributed by atoms with Gasteiger partial charge in [0.2, 0.25) is 5.91 Å². The van der Waals surface area contributed by atoms with E-state index in [9.17, 15) is 14.7 Å². The van der Waals surface area contributed by atoms with Gasteiger partial charge in [0, 0.05) is 33.3 Å². The smallest absolute Gasteiger partial charge is 0.261 e. The summed E-state index contributed by atoms with van der Waals surface area (Å²) in [6.45, 7) is 1.68. The van der Waals surface area contributed by atoms with Gasteiger partial charge < -0.3 is 19.5 Å². The zero-order chi connectivity index (χ0) is 21.2. The molecule has 1 amide bonds. The highest BCUT2D eigenvalue weighted by Gasteiger charge is 2.33. The zero-order valence-electron chi connectivity index (χ0n) is 17.3. The van der Waals surface area contributed by atoms with Gasteiger partial charge in [0.25, 0.3) is 5.56 Å². The maximum Gasteiger partial charge on any atom is 0.261 e. The van der Waals surface area contributed by atoms with Crippen LogP contribution < -0.4 is 15.0 Å². The van der Waals surface area contributed by atoms with E-state index in [1.54, 1.807) is 31.1 Å². The first-order valence-corrected chi connectivity index (χ1v) is 9.52. The number of methoxy groups -OCH3 is 2. The Morgan fingerprint density at radius 3 is 2.41 bits per heavy atom. The molecule has 1 aromatic carbocycles. The summed E-state index contributed by atoms with van der Waals surface area (Å²) in [5.74, 6) is 0.993. The van der Waals surface area contributed by atoms with Crippen LogP contribution in [0.15, 0.2) is 23.3 Å². The minimum atomic E-state index is -1.02. The molecule has 0 atom stereocenters. The average Bonchev–Trinajstić information content (AvgIpc) is 2.71. The molecule has 2 heterocycles. The lowest BCUT2D eigenvalue weighted by molar-refractivity contribution is -0.131. The largest absolute Gasteiger partial charge is 0.493 e. The number of aromatic nitrogens is 2. The molecule has 1 saturated heterocycles. The molecule has 0 bridgehead atoms. The van der Waals surface area contributed by atoms with E-state index in [2.05, 4.69) is 4.98 Å². The molecule has 1 aliphatic rings. The van der Waals surface area contributed by atoms with E-state index in [-0.39, 0.29) is 18.0 Å². The van der Waals surface area contributed by atoms with Gasteiger partial charge >= 0.3 is 0 Å². The molecule has 0 spiro atoms. The second-order valence-corrected chi connectivity index (χ2v) is 7.69. The lowest BCUT2D eigenvalue weighted by atomic mass is 9.91. The molecular formula is C20H28N4O5. The molecule has 9 nitrogen and oxygen atoms in total. The monoisotopic (exact) mass is 404 g/mol. The van der Waals surface area contributed by atoms with Crippen LogP contribution in [0.25, 0.3) is 10.9 Å². The van der Waals surface area contributed by atoms with Gasteiger partial charge in [-0.1, -0.05) is 0 Å². The summed E-state index contributed by atoms with van der Waals surface area (Å²) in [6, 6.07) is 3.27. The van der Waals surface area contributed by atoms with Gasteiger partial charge in [-0.3, -0.25) is 19.1 Å². The third-order valence-electron chi connectivity index (χ3n) is 5.44. The molecule has 3 rings (SSSR count). The topological polar surface area (TPSA) is 97.1 Å². The number of nitrogens with zero attached hydrogens (tertiary/aromatic N) is 4. The molecule has 1 fully saturated rings. The maximum atomic E-state index is 13.0. The van der Waals surface area contributed by atoms with Crippen molar-refractivity contribution in [2.45, 2.75) is 25.0 Å². The van der Waals surface area contributed by atoms with Gasteiger partial charge in [-0.25, -0.2) is 4.98 Å². The van der Waals surface area contributed by atoms with Crippen LogP contribution in [-0.2, 0) is 11.3 Å². The summed E-state index contributed by atoms with van der Waals surface area (Å²) in [5.41, 5.74) is -0.754. The second-order valence-electron chi connectivity index (χ2n) is 7.69. The first-order valence-electron chi connectivity index (χ1n) is 9.52. The number of carbonyl (C=O) groups is 1. The number of piperidine rings is 1. The van der Waals surface area contributed by atoms with Crippen LogP contribution in [0.4, 0.5) is 0 Å². The van der Waals surface area contributed by atoms with E-state index in [0.29, 0.717) is 54.9 Å². The van der Waals surface area contributed by atoms with Crippen molar-refractivity contribution in [3.63, 3.8) is 0 Å². The normalized spacial score (nSPS) is 16.6. The fourth-order valence-corrected chi connectivity index (χ4v) is 3.53. The number of rotatable bonds is 6. The number of hydrogen-bond donors (Lipinski definition) is 1. The number of carbonyl (C=O) groups excluding carboxylic acids is 1. The Hall–Kier alpha value is -2.65. The molecule has 1 aromatic heterocycles. The third-order valence-corrected chi connectivity index (χ3v) is 5.44. The number of aliphatic hydroxyl groups is 1. The first-order chi connectivity index (χ1) is 13.8. The Bertz CT molecular complexity index is 948. The number of hydrogen-bond acceptors (Lipinski definition) is 7. The Kier molecular flexibility index (Phi) is 6.09. The van der Waals surface area contributed by atoms with Crippen LogP contribution in [0.5, 0.6) is 11.5 Å². The number of likely N-dealkylation sites (tertiary alicyclic amines) is 1. The number of likely N-dealkylation sites (N-methyl/N-ethyl adjacent to an activating group) is 1. The molecule has 1 N–H and O–H groups in total. The molecule has 0 aliphatic carbocycles. The van der Waals surface area contributed by atoms with E-state index in [4.69, 9.17) is 9.47 Å². The molecule has 2 aromatic rings. The number of benzene rings is 1. The SMILES string of the molecule is COc1cc2ncn(CC3(O)CCN(CC(=O)N(C)C)CC3)c(=O)c2cc1OC. The summed E-state index contributed by atoms with van der Waals surface area (Å²) in [7, 11) is 6.49. The molecular weight excluding hydrogens is 376 g/mol. The van der Waals surface area contributed by atoms with Crippen molar-refractivity contribution in [3.8, 4) is 11.5 Å². The minimum Gasteiger partial charge on any atom is -0.493 e. The van der Waals surface area contributed by atoms with Crippen LogP contribution in [-0.4, -0.2) is 83.9 Å². The summed E-state index contributed by atoms with van der Waals surface area (Å²) in [4.78, 5) is 32.8. The Labute approximate surface area is 169 Å². The van der Waals surface area contributed by atoms with E-state index in [1.165, 1.54) is 25.1 Å². The van der Waals surface area contributed by atoms with Crippen molar-refractivity contribution in [1.82, 2.24) is 19.4 Å². The highest BCUT2D eigenvalue weighted by atomic mass is 16.5. The van der Waals surface area contributed by atoms with E-state index >= 15 is 0 Å². The van der Waals surface area contributed by atoms with Crippen LogP contribution in [0.3, 0.4) is 0 Å². The van der Waals surface area contributed by atoms with Gasteiger partial charge in [-0.15, -0.1) is 0 Å². The van der Waals surface area contributed by atoms with E-state index in [0.717, 1.165) is 0 Å². The lowest BCUT2D eigenvalue weighted by Crippen LogP contribution is -2.50. The Morgan fingerprint density at radius 1 is 1.21 bits per heavy atom. The number of ether oxygens (including phenoxy) is 2. The fourth-order valence-electron chi connectivity index (χ4n) is 3.53. The minimum absolute atomic E-state index is 0.0368. The average molecular weight is 404 g/mol. The maximum absolute atomic E-state index is 13.0. The summed E-state index contributed by atoms with van der Waals surface area (Å²) < 4.78 is 12.0. The van der Waals surface area contributed by atoms with Gasteiger partial charge in [0.15, 0.2) is 11.5 Å². The van der Waals surface area contributed by atoms with Crippen LogP contribution in [0, 0.1) is 0 Å². The lowest BCUT2D eigenvalue weighted by Gasteiger charge is -2.38. The van der Waals surface area contributed by atoms with Crippen molar-refractivity contribution in [2.24, 2.45) is 0 Å². The number of amides is 1. The summed E-state index contributed by atoms with van der Waals surface area (Å²) >= 11 is 0. The highest BCUT2D eigenvalue weighted by molar-refractivity contribution is 5.81. The van der Waals surface area contributed by atoms with Crippen molar-refractivity contribution < 1.29 is 19.4 Å². The second kappa shape index (κ2) is 8.38. The quantitative estimate of drug-likeness (QED) is 0.741. The Balaban J connectivity index is 1.77. The van der Waals surface area contributed by atoms with E-state index in [1.807, 2.05) is 4.90 Å². The third kappa shape index (κ3) is 4.51. The number of fused-ring (bicyclic) bond motifs is 1. The standard InChI is InChI=1S/C20H28N4O5/c1-22(2)18(25)11-23-7-5-20(27,6-8-23)12-24-13-21-15-10-17(29-4)16(28-3)9-14(15)19(24)26/h9-10,13,27H,5-8,11-12H2,1-4H3. The van der Waals surface area contributed by atoms with Gasteiger partial charge in [0.05, 0.1) is 50.1 Å². The first kappa shape index (κ1) is 21.1. The molecule has 0 saturated carbocycles. The van der Waals surface area contributed by atoms with Crippen LogP contribution in [0.1, 0.15) is 12.8 Å². The van der Waals surface area contributed by atoms with Gasteiger partial charge in [-0.05, 0) is 18.9 Å². The molecule has 0 unspecified atom stereocenters. The van der Waals surface area contributed by atoms with Crippen LogP contribution >= 0.6 is 0 Å². The highest BCUT2D eigenvalue weighted by Crippen LogP contribution is 2.30. The van der Waals surface area contributed by atoms with Gasteiger partial charge in [0.1, 0.15) is 0 Å². The predicted octanol–water partition coefficient (Wildman–Crippen LogP) is 0.329. The predicted molar refractivity (Wildman–Crippen MR) is 108 cm³/mol. The van der Waals surface area contributed by atoms with Crippen molar-refractivity contribution >= 4 is 16.8 Å². The van der Waals surface area contributed by atoms with Crippen LogP contribution in [0.2, 0.25) is 0 Å². The molecule has 1 aliphatic heterocycles. The summed E-state index contributed by atoms with van der Waals surface area (Å²) in [5, 5.41) is 11.4. The molecule has 9 heteroatoms. The Morgan fingerprint density at radius 2 is 1.83 bits per heavy atom. The van der Waals surface area contributed by atoms with Gasteiger partial charge in [-0.2, -0.15) is 0 Å². The zero-order valence-corrected chi connectivity index (χ0v) is 17.3.